The van der Waals surface area contributed by atoms with Crippen molar-refractivity contribution in [2.24, 2.45) is 0 Å². The van der Waals surface area contributed by atoms with Gasteiger partial charge in [0.15, 0.2) is 23.8 Å². The first-order valence-corrected chi connectivity index (χ1v) is 12.8. The van der Waals surface area contributed by atoms with E-state index >= 15 is 0 Å². The summed E-state index contributed by atoms with van der Waals surface area (Å²) >= 11 is 0. The second kappa shape index (κ2) is 13.4. The van der Waals surface area contributed by atoms with E-state index in [4.69, 9.17) is 28.4 Å². The molecule has 0 amide bonds. The Kier molecular flexibility index (Phi) is 10.2. The van der Waals surface area contributed by atoms with E-state index in [0.29, 0.717) is 0 Å². The van der Waals surface area contributed by atoms with Gasteiger partial charge in [-0.2, -0.15) is 0 Å². The number of carbonyl (C=O) groups is 6. The Morgan fingerprint density at radius 2 is 1.29 bits per heavy atom. The van der Waals surface area contributed by atoms with Crippen molar-refractivity contribution in [3.63, 3.8) is 0 Å². The molecule has 0 saturated carbocycles. The van der Waals surface area contributed by atoms with Gasteiger partial charge in [-0.15, -0.1) is 0 Å². The number of Topliss-reactive ketones (excluding diaryl/α,β-unsaturated/α-hetero) is 2. The van der Waals surface area contributed by atoms with Gasteiger partial charge in [-0.1, -0.05) is 35.9 Å². The summed E-state index contributed by atoms with van der Waals surface area (Å²) in [6, 6.07) is 6.23. The molecule has 1 fully saturated rings. The Hall–Kier alpha value is -4.32. The van der Waals surface area contributed by atoms with Crippen LogP contribution in [0.3, 0.4) is 0 Å². The van der Waals surface area contributed by atoms with Gasteiger partial charge in [-0.25, -0.2) is 0 Å². The summed E-state index contributed by atoms with van der Waals surface area (Å²) in [7, 11) is 0. The maximum Gasteiger partial charge on any atom is 0.303 e. The van der Waals surface area contributed by atoms with Gasteiger partial charge in [0.05, 0.1) is 5.57 Å². The van der Waals surface area contributed by atoms with Crippen molar-refractivity contribution in [2.45, 2.75) is 78.7 Å². The number of hydrogen-bond donors (Lipinski definition) is 0. The predicted octanol–water partition coefficient (Wildman–Crippen LogP) is 2.78. The summed E-state index contributed by atoms with van der Waals surface area (Å²) in [4.78, 5) is 74.9. The Morgan fingerprint density at radius 1 is 0.756 bits per heavy atom. The molecule has 12 nitrogen and oxygen atoms in total. The number of esters is 4. The van der Waals surface area contributed by atoms with Gasteiger partial charge in [-0.05, 0) is 20.3 Å². The molecule has 0 spiro atoms. The van der Waals surface area contributed by atoms with Crippen LogP contribution in [0.15, 0.2) is 47.2 Å². The zero-order valence-corrected chi connectivity index (χ0v) is 23.6. The highest BCUT2D eigenvalue weighted by Crippen LogP contribution is 2.35. The number of allylic oxidation sites excluding steroid dienone is 4. The van der Waals surface area contributed by atoms with Crippen LogP contribution in [-0.4, -0.2) is 72.8 Å². The smallest absolute Gasteiger partial charge is 0.303 e. The Bertz CT molecular complexity index is 1300. The van der Waals surface area contributed by atoms with Gasteiger partial charge in [0.1, 0.15) is 12.7 Å². The fourth-order valence-electron chi connectivity index (χ4n) is 4.42. The number of fused-ring (bicyclic) bond motifs is 1. The van der Waals surface area contributed by atoms with Crippen molar-refractivity contribution in [1.29, 1.82) is 0 Å². The number of ketones is 2. The summed E-state index contributed by atoms with van der Waals surface area (Å²) in [6.07, 6.45) is -5.62. The molecular weight excluding hydrogens is 540 g/mol. The van der Waals surface area contributed by atoms with Crippen LogP contribution in [0, 0.1) is 0 Å². The molecule has 12 heteroatoms. The van der Waals surface area contributed by atoms with Crippen LogP contribution in [0.25, 0.3) is 0 Å². The highest BCUT2D eigenvalue weighted by atomic mass is 16.7. The van der Waals surface area contributed by atoms with E-state index in [-0.39, 0.29) is 28.9 Å². The molecule has 3 rings (SSSR count). The number of benzene rings is 1. The molecule has 1 aromatic rings. The largest absolute Gasteiger partial charge is 0.463 e. The molecule has 1 saturated heterocycles. The van der Waals surface area contributed by atoms with Crippen LogP contribution >= 0.6 is 0 Å². The fraction of sp³-hybridized carbons (Fsp3) is 0.448. The van der Waals surface area contributed by atoms with E-state index in [2.05, 4.69) is 0 Å². The molecule has 0 unspecified atom stereocenters. The lowest BCUT2D eigenvalue weighted by Crippen LogP contribution is -2.63. The van der Waals surface area contributed by atoms with E-state index in [0.717, 1.165) is 33.3 Å². The molecule has 0 N–H and O–H groups in total. The van der Waals surface area contributed by atoms with Crippen LogP contribution < -0.4 is 0 Å². The van der Waals surface area contributed by atoms with E-state index in [1.807, 2.05) is 13.8 Å². The highest BCUT2D eigenvalue weighted by molar-refractivity contribution is 6.26. The predicted molar refractivity (Wildman–Crippen MR) is 139 cm³/mol. The number of hydrogen-bond acceptors (Lipinski definition) is 12. The minimum absolute atomic E-state index is 0.0303. The van der Waals surface area contributed by atoms with E-state index < -0.39 is 72.8 Å². The third-order valence-electron chi connectivity index (χ3n) is 6.07. The molecule has 5 atom stereocenters. The van der Waals surface area contributed by atoms with Crippen LogP contribution in [0.5, 0.6) is 0 Å². The Balaban J connectivity index is 2.15. The van der Waals surface area contributed by atoms with Gasteiger partial charge in [-0.3, -0.25) is 28.8 Å². The monoisotopic (exact) mass is 572 g/mol. The lowest BCUT2D eigenvalue weighted by Gasteiger charge is -2.44. The average Bonchev–Trinajstić information content (AvgIpc) is 2.88. The molecule has 1 aliphatic carbocycles. The zero-order chi connectivity index (χ0) is 30.4. The number of carbonyl (C=O) groups excluding carboxylic acids is 6. The van der Waals surface area contributed by atoms with Crippen molar-refractivity contribution < 1.29 is 57.2 Å². The normalized spacial score (nSPS) is 23.6. The molecular formula is C29H32O12. The summed E-state index contributed by atoms with van der Waals surface area (Å²) in [6.45, 7) is 7.58. The average molecular weight is 573 g/mol. The second-order valence-corrected chi connectivity index (χ2v) is 9.68. The van der Waals surface area contributed by atoms with Gasteiger partial charge in [0.2, 0.25) is 18.2 Å². The van der Waals surface area contributed by atoms with Gasteiger partial charge in [0, 0.05) is 38.8 Å². The molecule has 0 radical (unpaired) electrons. The number of rotatable bonds is 9. The SMILES string of the molecule is CC(=O)OC[C@@H]1O[C@@H](OC2=C(CC=C(C)C)C(=O)c3ccccc3C2=O)[C@@H](OC(C)=O)[C@H](OC(C)=O)[C@@H]1OC(C)=O. The summed E-state index contributed by atoms with van der Waals surface area (Å²) in [5, 5.41) is 0. The van der Waals surface area contributed by atoms with E-state index in [1.54, 1.807) is 18.2 Å². The fourth-order valence-corrected chi connectivity index (χ4v) is 4.42. The van der Waals surface area contributed by atoms with Crippen LogP contribution in [-0.2, 0) is 47.6 Å². The van der Waals surface area contributed by atoms with Crippen LogP contribution in [0.2, 0.25) is 0 Å². The minimum Gasteiger partial charge on any atom is -0.463 e. The van der Waals surface area contributed by atoms with Crippen molar-refractivity contribution in [1.82, 2.24) is 0 Å². The quantitative estimate of drug-likeness (QED) is 0.242. The lowest BCUT2D eigenvalue weighted by atomic mass is 9.86. The first-order chi connectivity index (χ1) is 19.3. The van der Waals surface area contributed by atoms with Gasteiger partial charge < -0.3 is 28.4 Å². The molecule has 41 heavy (non-hydrogen) atoms. The van der Waals surface area contributed by atoms with Crippen molar-refractivity contribution >= 4 is 35.4 Å². The molecule has 0 aromatic heterocycles. The topological polar surface area (TPSA) is 158 Å². The second-order valence-electron chi connectivity index (χ2n) is 9.68. The first-order valence-electron chi connectivity index (χ1n) is 12.8. The Morgan fingerprint density at radius 3 is 1.83 bits per heavy atom. The first kappa shape index (κ1) is 31.2. The minimum atomic E-state index is -1.66. The maximum absolute atomic E-state index is 13.6. The van der Waals surface area contributed by atoms with Crippen molar-refractivity contribution in [3.05, 3.63) is 58.4 Å². The van der Waals surface area contributed by atoms with Gasteiger partial charge in [0.25, 0.3) is 0 Å². The Labute approximate surface area is 236 Å². The van der Waals surface area contributed by atoms with E-state index in [9.17, 15) is 28.8 Å². The summed E-state index contributed by atoms with van der Waals surface area (Å²) in [5.41, 5.74) is 1.20. The van der Waals surface area contributed by atoms with Crippen LogP contribution in [0.4, 0.5) is 0 Å². The molecule has 1 heterocycles. The van der Waals surface area contributed by atoms with Crippen molar-refractivity contribution in [2.75, 3.05) is 6.61 Å². The third-order valence-corrected chi connectivity index (χ3v) is 6.07. The standard InChI is InChI=1S/C29H32O12/c1-14(2)11-12-21-23(34)19-9-7-8-10-20(19)24(35)25(21)41-29-28(39-18(6)33)27(38-17(5)32)26(37-16(4)31)22(40-29)13-36-15(3)30/h7-11,22,26-29H,12-13H2,1-6H3/t22-,26+,27+,28-,29-/m0/s1. The molecule has 0 bridgehead atoms. The third kappa shape index (κ3) is 7.66. The molecule has 2 aliphatic rings. The van der Waals surface area contributed by atoms with Gasteiger partial charge >= 0.3 is 23.9 Å². The van der Waals surface area contributed by atoms with Crippen LogP contribution in [0.1, 0.15) is 68.7 Å². The van der Waals surface area contributed by atoms with Crippen molar-refractivity contribution in [3.8, 4) is 0 Å². The van der Waals surface area contributed by atoms with E-state index in [1.165, 1.54) is 12.1 Å². The summed E-state index contributed by atoms with van der Waals surface area (Å²) in [5.74, 6) is -4.55. The molecule has 1 aliphatic heterocycles. The number of ether oxygens (including phenoxy) is 6. The highest BCUT2D eigenvalue weighted by Gasteiger charge is 2.54. The zero-order valence-electron chi connectivity index (χ0n) is 23.6. The maximum atomic E-state index is 13.6. The molecule has 220 valence electrons. The summed E-state index contributed by atoms with van der Waals surface area (Å²) < 4.78 is 33.3. The lowest BCUT2D eigenvalue weighted by molar-refractivity contribution is -0.299. The molecule has 1 aromatic carbocycles.